The summed E-state index contributed by atoms with van der Waals surface area (Å²) >= 11 is 0. The first-order valence-corrected chi connectivity index (χ1v) is 6.65. The van der Waals surface area contributed by atoms with Crippen LogP contribution in [0.15, 0.2) is 0 Å². The van der Waals surface area contributed by atoms with Gasteiger partial charge < -0.3 is 4.90 Å². The lowest BCUT2D eigenvalue weighted by molar-refractivity contribution is 0.216. The van der Waals surface area contributed by atoms with Crippen molar-refractivity contribution in [3.63, 3.8) is 0 Å². The number of nitrogens with zero attached hydrogens (tertiary/aromatic N) is 1. The molecule has 1 N–H and O–H groups in total. The monoisotopic (exact) mass is 224 g/mol. The summed E-state index contributed by atoms with van der Waals surface area (Å²) in [6, 6.07) is 0. The molecule has 0 aromatic heterocycles. The van der Waals surface area contributed by atoms with Crippen LogP contribution in [0, 0.1) is 22.7 Å². The lowest BCUT2D eigenvalue weighted by Crippen LogP contribution is -2.34. The molecule has 1 fully saturated rings. The first-order chi connectivity index (χ1) is 7.32. The summed E-state index contributed by atoms with van der Waals surface area (Å²) < 4.78 is 0. The van der Waals surface area contributed by atoms with Crippen LogP contribution >= 0.6 is 0 Å². The molecule has 1 heterocycles. The van der Waals surface area contributed by atoms with Crippen molar-refractivity contribution in [3.05, 3.63) is 0 Å². The number of nitrogens with one attached hydrogen (secondary N) is 1. The van der Waals surface area contributed by atoms with Crippen LogP contribution in [0.25, 0.3) is 0 Å². The van der Waals surface area contributed by atoms with E-state index in [1.807, 2.05) is 0 Å². The van der Waals surface area contributed by atoms with Crippen molar-refractivity contribution in [2.45, 2.75) is 53.9 Å². The van der Waals surface area contributed by atoms with Gasteiger partial charge in [-0.25, -0.2) is 0 Å². The quantitative estimate of drug-likeness (QED) is 0.533. The molecule has 0 bridgehead atoms. The van der Waals surface area contributed by atoms with Gasteiger partial charge in [-0.1, -0.05) is 34.6 Å². The van der Waals surface area contributed by atoms with Crippen molar-refractivity contribution in [2.75, 3.05) is 13.1 Å². The van der Waals surface area contributed by atoms with Crippen LogP contribution in [0.4, 0.5) is 0 Å². The van der Waals surface area contributed by atoms with E-state index in [1.54, 1.807) is 0 Å². The fourth-order valence-electron chi connectivity index (χ4n) is 2.57. The Hall–Kier alpha value is -0.530. The van der Waals surface area contributed by atoms with Gasteiger partial charge in [0.05, 0.1) is 5.84 Å². The van der Waals surface area contributed by atoms with Gasteiger partial charge in [0.15, 0.2) is 0 Å². The molecule has 0 amide bonds. The Kier molecular flexibility index (Phi) is 4.40. The number of likely N-dealkylation sites (tertiary alicyclic amines) is 1. The predicted molar refractivity (Wildman–Crippen MR) is 70.9 cm³/mol. The first kappa shape index (κ1) is 13.5. The van der Waals surface area contributed by atoms with E-state index < -0.39 is 0 Å². The minimum atomic E-state index is 0.367. The van der Waals surface area contributed by atoms with Crippen molar-refractivity contribution in [2.24, 2.45) is 17.3 Å². The molecule has 0 spiro atoms. The van der Waals surface area contributed by atoms with Gasteiger partial charge >= 0.3 is 0 Å². The average Bonchev–Trinajstić information content (AvgIpc) is 2.40. The molecule has 2 heteroatoms. The molecule has 1 rings (SSSR count). The predicted octanol–water partition coefficient (Wildman–Crippen LogP) is 3.77. The van der Waals surface area contributed by atoms with E-state index in [-0.39, 0.29) is 0 Å². The Bertz CT molecular complexity index is 238. The summed E-state index contributed by atoms with van der Waals surface area (Å²) in [5.41, 5.74) is 0.427. The second-order valence-corrected chi connectivity index (χ2v) is 6.52. The maximum absolute atomic E-state index is 8.08. The number of amidine groups is 1. The third kappa shape index (κ3) is 3.50. The summed E-state index contributed by atoms with van der Waals surface area (Å²) in [5.74, 6) is 2.01. The Labute approximate surface area is 101 Å². The van der Waals surface area contributed by atoms with Gasteiger partial charge in [-0.15, -0.1) is 0 Å². The third-order valence-corrected chi connectivity index (χ3v) is 3.84. The second-order valence-electron chi connectivity index (χ2n) is 6.52. The van der Waals surface area contributed by atoms with Crippen molar-refractivity contribution >= 4 is 5.84 Å². The maximum Gasteiger partial charge on any atom is 0.0983 e. The van der Waals surface area contributed by atoms with Crippen LogP contribution in [0.1, 0.15) is 53.9 Å². The Morgan fingerprint density at radius 2 is 1.81 bits per heavy atom. The second kappa shape index (κ2) is 5.20. The summed E-state index contributed by atoms with van der Waals surface area (Å²) in [6.45, 7) is 13.5. The smallest absolute Gasteiger partial charge is 0.0983 e. The summed E-state index contributed by atoms with van der Waals surface area (Å²) in [4.78, 5) is 2.29. The lowest BCUT2D eigenvalue weighted by atomic mass is 9.77. The zero-order valence-corrected chi connectivity index (χ0v) is 11.6. The molecule has 16 heavy (non-hydrogen) atoms. The number of rotatable bonds is 1. The van der Waals surface area contributed by atoms with Gasteiger partial charge in [0.2, 0.25) is 0 Å². The molecule has 0 radical (unpaired) electrons. The van der Waals surface area contributed by atoms with Gasteiger partial charge in [-0.3, -0.25) is 5.41 Å². The van der Waals surface area contributed by atoms with Gasteiger partial charge in [-0.2, -0.15) is 0 Å². The SMILES string of the molecule is CC(C)C(=N)N1CCCC(C(C)(C)C)CC1. The molecule has 1 atom stereocenters. The molecule has 0 aromatic carbocycles. The zero-order valence-electron chi connectivity index (χ0n) is 11.6. The van der Waals surface area contributed by atoms with E-state index >= 15 is 0 Å². The highest BCUT2D eigenvalue weighted by atomic mass is 15.2. The van der Waals surface area contributed by atoms with E-state index in [9.17, 15) is 0 Å². The van der Waals surface area contributed by atoms with E-state index in [2.05, 4.69) is 39.5 Å². The molecule has 0 saturated carbocycles. The molecule has 94 valence electrons. The maximum atomic E-state index is 8.08. The molecular formula is C14H28N2. The summed E-state index contributed by atoms with van der Waals surface area (Å²) in [7, 11) is 0. The molecule has 2 nitrogen and oxygen atoms in total. The van der Waals surface area contributed by atoms with Crippen molar-refractivity contribution in [1.82, 2.24) is 4.90 Å². The van der Waals surface area contributed by atoms with E-state index in [4.69, 9.17) is 5.41 Å². The Morgan fingerprint density at radius 3 is 2.31 bits per heavy atom. The topological polar surface area (TPSA) is 27.1 Å². The van der Waals surface area contributed by atoms with E-state index in [1.165, 1.54) is 19.3 Å². The van der Waals surface area contributed by atoms with Gasteiger partial charge in [0, 0.05) is 19.0 Å². The number of hydrogen-bond donors (Lipinski definition) is 1. The standard InChI is InChI=1S/C14H28N2/c1-11(2)13(15)16-9-6-7-12(8-10-16)14(3,4)5/h11-12,15H,6-10H2,1-5H3. The minimum Gasteiger partial charge on any atom is -0.360 e. The highest BCUT2D eigenvalue weighted by Gasteiger charge is 2.27. The van der Waals surface area contributed by atoms with Gasteiger partial charge in [0.1, 0.15) is 0 Å². The molecule has 1 saturated heterocycles. The lowest BCUT2D eigenvalue weighted by Gasteiger charge is -2.30. The molecule has 0 aliphatic carbocycles. The van der Waals surface area contributed by atoms with Crippen LogP contribution in [-0.2, 0) is 0 Å². The zero-order chi connectivity index (χ0) is 12.3. The third-order valence-electron chi connectivity index (χ3n) is 3.84. The molecule has 1 aliphatic heterocycles. The van der Waals surface area contributed by atoms with Crippen molar-refractivity contribution in [3.8, 4) is 0 Å². The van der Waals surface area contributed by atoms with Crippen molar-refractivity contribution < 1.29 is 0 Å². The summed E-state index contributed by atoms with van der Waals surface area (Å²) in [6.07, 6.45) is 3.82. The van der Waals surface area contributed by atoms with Gasteiger partial charge in [-0.05, 0) is 30.6 Å². The molecule has 1 aliphatic rings. The van der Waals surface area contributed by atoms with Gasteiger partial charge in [0.25, 0.3) is 0 Å². The minimum absolute atomic E-state index is 0.367. The van der Waals surface area contributed by atoms with Crippen LogP contribution in [0.3, 0.4) is 0 Å². The van der Waals surface area contributed by atoms with E-state index in [0.29, 0.717) is 11.3 Å². The van der Waals surface area contributed by atoms with Crippen molar-refractivity contribution in [1.29, 1.82) is 5.41 Å². The largest absolute Gasteiger partial charge is 0.360 e. The fraction of sp³-hybridized carbons (Fsp3) is 0.929. The average molecular weight is 224 g/mol. The van der Waals surface area contributed by atoms with Crippen LogP contribution < -0.4 is 0 Å². The van der Waals surface area contributed by atoms with Crippen LogP contribution in [0.5, 0.6) is 0 Å². The van der Waals surface area contributed by atoms with Crippen LogP contribution in [-0.4, -0.2) is 23.8 Å². The molecule has 1 unspecified atom stereocenters. The summed E-state index contributed by atoms with van der Waals surface area (Å²) in [5, 5.41) is 8.08. The Balaban J connectivity index is 2.56. The Morgan fingerprint density at radius 1 is 1.19 bits per heavy atom. The normalized spacial score (nSPS) is 23.4. The van der Waals surface area contributed by atoms with E-state index in [0.717, 1.165) is 24.8 Å². The highest BCUT2D eigenvalue weighted by molar-refractivity contribution is 5.80. The molecular weight excluding hydrogens is 196 g/mol. The first-order valence-electron chi connectivity index (χ1n) is 6.65. The highest BCUT2D eigenvalue weighted by Crippen LogP contribution is 2.34. The van der Waals surface area contributed by atoms with Crippen LogP contribution in [0.2, 0.25) is 0 Å². The fourth-order valence-corrected chi connectivity index (χ4v) is 2.57. The number of hydrogen-bond acceptors (Lipinski definition) is 1. The molecule has 0 aromatic rings.